The number of benzene rings is 2. The summed E-state index contributed by atoms with van der Waals surface area (Å²) in [6.45, 7) is 0.483. The number of nitrogens with zero attached hydrogens (tertiary/aromatic N) is 3. The van der Waals surface area contributed by atoms with Gasteiger partial charge in [0.25, 0.3) is 5.91 Å². The smallest absolute Gasteiger partial charge is 0.257 e. The molecular formula is C25H26FN5O2S. The summed E-state index contributed by atoms with van der Waals surface area (Å²) in [7, 11) is 1.87. The van der Waals surface area contributed by atoms with Crippen LogP contribution >= 0.6 is 11.8 Å². The number of fused-ring (bicyclic) bond motifs is 1. The van der Waals surface area contributed by atoms with Crippen LogP contribution in [0.4, 0.5) is 4.39 Å². The maximum Gasteiger partial charge on any atom is 0.257 e. The summed E-state index contributed by atoms with van der Waals surface area (Å²) in [5.41, 5.74) is 7.71. The molecule has 2 aliphatic rings. The number of ether oxygens (including phenoxy) is 1. The number of rotatable bonds is 4. The summed E-state index contributed by atoms with van der Waals surface area (Å²) in [5.74, 6) is 0.0632. The fraction of sp³-hybridized carbons (Fsp3) is 0.320. The van der Waals surface area contributed by atoms with Crippen LogP contribution in [0.15, 0.2) is 65.9 Å². The molecule has 5 rings (SSSR count). The number of carbonyl (C=O) groups excluding carboxylic acids is 1. The van der Waals surface area contributed by atoms with Gasteiger partial charge in [-0.1, -0.05) is 36.0 Å². The highest BCUT2D eigenvalue weighted by atomic mass is 32.2. The maximum absolute atomic E-state index is 15.3. The van der Waals surface area contributed by atoms with E-state index in [9.17, 15) is 4.79 Å². The van der Waals surface area contributed by atoms with Gasteiger partial charge in [0.05, 0.1) is 18.9 Å². The fourth-order valence-electron chi connectivity index (χ4n) is 4.64. The lowest BCUT2D eigenvalue weighted by Gasteiger charge is -2.46. The number of aliphatic imine (C=N–C) groups is 1. The molecule has 7 nitrogen and oxygen atoms in total. The largest absolute Gasteiger partial charge is 0.370 e. The van der Waals surface area contributed by atoms with Crippen molar-refractivity contribution >= 4 is 22.8 Å². The first-order valence-electron chi connectivity index (χ1n) is 11.2. The van der Waals surface area contributed by atoms with E-state index < -0.39 is 5.54 Å². The number of nitrogens with two attached hydrogens (primary N) is 1. The third-order valence-corrected chi connectivity index (χ3v) is 7.52. The predicted octanol–water partition coefficient (Wildman–Crippen LogP) is 3.52. The molecule has 3 aromatic rings. The van der Waals surface area contributed by atoms with E-state index in [1.807, 2.05) is 31.4 Å². The Bertz CT molecular complexity index is 1230. The van der Waals surface area contributed by atoms with Crippen molar-refractivity contribution in [3.63, 3.8) is 0 Å². The van der Waals surface area contributed by atoms with Gasteiger partial charge >= 0.3 is 0 Å². The van der Waals surface area contributed by atoms with Gasteiger partial charge in [-0.3, -0.25) is 9.48 Å². The molecule has 2 aromatic carbocycles. The van der Waals surface area contributed by atoms with Crippen LogP contribution in [0.2, 0.25) is 0 Å². The molecule has 1 aromatic heterocycles. The van der Waals surface area contributed by atoms with Crippen molar-refractivity contribution in [2.45, 2.75) is 24.6 Å². The molecule has 0 unspecified atom stereocenters. The molecular weight excluding hydrogens is 453 g/mol. The Morgan fingerprint density at radius 3 is 2.88 bits per heavy atom. The number of halogens is 1. The van der Waals surface area contributed by atoms with E-state index in [1.165, 1.54) is 17.8 Å². The van der Waals surface area contributed by atoms with Gasteiger partial charge in [0.1, 0.15) is 11.4 Å². The minimum atomic E-state index is -0.960. The number of amides is 1. The highest BCUT2D eigenvalue weighted by molar-refractivity contribution is 8.13. The molecule has 1 amide bonds. The first kappa shape index (κ1) is 22.8. The topological polar surface area (TPSA) is 94.5 Å². The molecule has 0 bridgehead atoms. The van der Waals surface area contributed by atoms with Crippen LogP contribution in [0.1, 0.15) is 39.6 Å². The van der Waals surface area contributed by atoms with Crippen molar-refractivity contribution in [2.75, 3.05) is 12.4 Å². The van der Waals surface area contributed by atoms with Gasteiger partial charge in [0.2, 0.25) is 0 Å². The molecule has 1 fully saturated rings. The SMILES string of the molecule is Cn1cc([C@H]2C[C@H]3CSC(NC(=O)c4ccccc4)=N[C@@]3(c3cc(CN)ccc3F)CO2)cn1. The molecule has 0 aliphatic carbocycles. The van der Waals surface area contributed by atoms with Gasteiger partial charge in [0, 0.05) is 48.2 Å². The van der Waals surface area contributed by atoms with Crippen LogP contribution in [-0.2, 0) is 23.9 Å². The monoisotopic (exact) mass is 479 g/mol. The summed E-state index contributed by atoms with van der Waals surface area (Å²) >= 11 is 1.48. The lowest BCUT2D eigenvalue weighted by molar-refractivity contribution is -0.0588. The van der Waals surface area contributed by atoms with Gasteiger partial charge in [-0.25, -0.2) is 9.38 Å². The fourth-order valence-corrected chi connectivity index (χ4v) is 5.80. The van der Waals surface area contributed by atoms with Crippen LogP contribution in [0.5, 0.6) is 0 Å². The van der Waals surface area contributed by atoms with Crippen molar-refractivity contribution in [3.05, 3.63) is 89.0 Å². The van der Waals surface area contributed by atoms with Crippen LogP contribution in [-0.4, -0.2) is 33.2 Å². The average molecular weight is 480 g/mol. The zero-order valence-electron chi connectivity index (χ0n) is 18.8. The van der Waals surface area contributed by atoms with Gasteiger partial charge < -0.3 is 15.8 Å². The molecule has 2 aliphatic heterocycles. The highest BCUT2D eigenvalue weighted by Crippen LogP contribution is 2.50. The number of hydrogen-bond donors (Lipinski definition) is 2. The lowest BCUT2D eigenvalue weighted by atomic mass is 9.74. The number of amidine groups is 1. The van der Waals surface area contributed by atoms with Crippen LogP contribution < -0.4 is 11.1 Å². The number of thioether (sulfide) groups is 1. The molecule has 0 radical (unpaired) electrons. The number of aryl methyl sites for hydroxylation is 1. The molecule has 9 heteroatoms. The third-order valence-electron chi connectivity index (χ3n) is 6.49. The molecule has 176 valence electrons. The lowest BCUT2D eigenvalue weighted by Crippen LogP contribution is -2.49. The summed E-state index contributed by atoms with van der Waals surface area (Å²) in [6, 6.07) is 13.9. The van der Waals surface area contributed by atoms with Crippen molar-refractivity contribution in [3.8, 4) is 0 Å². The summed E-state index contributed by atoms with van der Waals surface area (Å²) in [5, 5.41) is 7.64. The van der Waals surface area contributed by atoms with E-state index in [2.05, 4.69) is 10.4 Å². The van der Waals surface area contributed by atoms with E-state index >= 15 is 4.39 Å². The maximum atomic E-state index is 15.3. The van der Waals surface area contributed by atoms with Crippen LogP contribution in [0, 0.1) is 11.7 Å². The number of aromatic nitrogens is 2. The Morgan fingerprint density at radius 2 is 2.15 bits per heavy atom. The number of hydrogen-bond acceptors (Lipinski definition) is 6. The first-order chi connectivity index (χ1) is 16.5. The Kier molecular flexibility index (Phi) is 6.24. The average Bonchev–Trinajstić information content (AvgIpc) is 3.30. The van der Waals surface area contributed by atoms with Crippen molar-refractivity contribution in [2.24, 2.45) is 23.7 Å². The molecule has 3 atom stereocenters. The van der Waals surface area contributed by atoms with Crippen molar-refractivity contribution in [1.82, 2.24) is 15.1 Å². The Morgan fingerprint density at radius 1 is 1.32 bits per heavy atom. The standard InChI is InChI=1S/C25H26FN5O2S/c1-31-13-18(12-28-31)22-10-19-14-34-24(29-23(32)17-5-3-2-4-6-17)30-25(19,15-33-22)20-9-16(11-27)7-8-21(20)26/h2-9,12-13,19,22H,10-11,14-15,27H2,1H3,(H,29,30,32)/t19-,22+,25-/m0/s1. The first-order valence-corrected chi connectivity index (χ1v) is 12.2. The highest BCUT2D eigenvalue weighted by Gasteiger charge is 2.50. The normalized spacial score (nSPS) is 24.3. The van der Waals surface area contributed by atoms with Gasteiger partial charge in [-0.2, -0.15) is 5.10 Å². The van der Waals surface area contributed by atoms with Gasteiger partial charge in [-0.05, 0) is 36.2 Å². The number of nitrogens with one attached hydrogen (secondary N) is 1. The summed E-state index contributed by atoms with van der Waals surface area (Å²) in [4.78, 5) is 17.7. The summed E-state index contributed by atoms with van der Waals surface area (Å²) < 4.78 is 23.3. The second-order valence-corrected chi connectivity index (χ2v) is 9.68. The van der Waals surface area contributed by atoms with Gasteiger partial charge in [0.15, 0.2) is 5.17 Å². The second kappa shape index (κ2) is 9.32. The molecule has 1 saturated heterocycles. The minimum Gasteiger partial charge on any atom is -0.370 e. The van der Waals surface area contributed by atoms with E-state index in [-0.39, 0.29) is 30.4 Å². The Hall–Kier alpha value is -3.01. The minimum absolute atomic E-state index is 0.00337. The zero-order chi connectivity index (χ0) is 23.7. The quantitative estimate of drug-likeness (QED) is 0.597. The third kappa shape index (κ3) is 4.26. The molecule has 34 heavy (non-hydrogen) atoms. The van der Waals surface area contributed by atoms with Crippen LogP contribution in [0.3, 0.4) is 0 Å². The van der Waals surface area contributed by atoms with Crippen molar-refractivity contribution in [1.29, 1.82) is 0 Å². The second-order valence-electron chi connectivity index (χ2n) is 8.67. The summed E-state index contributed by atoms with van der Waals surface area (Å²) in [6.07, 6.45) is 4.26. The van der Waals surface area contributed by atoms with Crippen molar-refractivity contribution < 1.29 is 13.9 Å². The van der Waals surface area contributed by atoms with E-state index in [1.54, 1.807) is 35.1 Å². The van der Waals surface area contributed by atoms with E-state index in [0.29, 0.717) is 35.0 Å². The predicted molar refractivity (Wildman–Crippen MR) is 130 cm³/mol. The molecule has 3 heterocycles. The molecule has 0 spiro atoms. The van der Waals surface area contributed by atoms with E-state index in [0.717, 1.165) is 11.1 Å². The van der Waals surface area contributed by atoms with Crippen LogP contribution in [0.25, 0.3) is 0 Å². The Labute approximate surface area is 201 Å². The zero-order valence-corrected chi connectivity index (χ0v) is 19.6. The Balaban J connectivity index is 1.51. The van der Waals surface area contributed by atoms with E-state index in [4.69, 9.17) is 15.5 Å². The van der Waals surface area contributed by atoms with Gasteiger partial charge in [-0.15, -0.1) is 0 Å². The number of carbonyl (C=O) groups is 1. The molecule has 0 saturated carbocycles. The molecule has 3 N–H and O–H groups in total.